The molecule has 0 bridgehead atoms. The normalized spacial score (nSPS) is 16.1. The van der Waals surface area contributed by atoms with E-state index in [-0.39, 0.29) is 11.9 Å². The molecule has 0 saturated carbocycles. The van der Waals surface area contributed by atoms with Gasteiger partial charge < -0.3 is 14.2 Å². The number of benzene rings is 3. The fourth-order valence-corrected chi connectivity index (χ4v) is 3.90. The molecule has 5 rings (SSSR count). The summed E-state index contributed by atoms with van der Waals surface area (Å²) in [5.74, 6) is 0.927. The van der Waals surface area contributed by atoms with E-state index < -0.39 is 0 Å². The van der Waals surface area contributed by atoms with Crippen LogP contribution in [0.2, 0.25) is 0 Å². The lowest BCUT2D eigenvalue weighted by Gasteiger charge is -2.33. The van der Waals surface area contributed by atoms with E-state index in [1.165, 1.54) is 0 Å². The molecule has 0 N–H and O–H groups in total. The van der Waals surface area contributed by atoms with Crippen LogP contribution in [0.4, 0.5) is 0 Å². The van der Waals surface area contributed by atoms with Crippen molar-refractivity contribution in [3.05, 3.63) is 96.4 Å². The van der Waals surface area contributed by atoms with Crippen molar-refractivity contribution in [3.8, 4) is 22.5 Å². The zero-order chi connectivity index (χ0) is 21.8. The van der Waals surface area contributed by atoms with E-state index >= 15 is 0 Å². The third kappa shape index (κ3) is 4.31. The molecule has 32 heavy (non-hydrogen) atoms. The van der Waals surface area contributed by atoms with Gasteiger partial charge in [-0.3, -0.25) is 4.79 Å². The van der Waals surface area contributed by atoms with E-state index in [2.05, 4.69) is 34.4 Å². The molecule has 1 atom stereocenters. The Hall–Kier alpha value is -3.77. The molecule has 0 spiro atoms. The predicted molar refractivity (Wildman–Crippen MR) is 121 cm³/mol. The van der Waals surface area contributed by atoms with E-state index in [0.717, 1.165) is 22.3 Å². The molecule has 6 nitrogen and oxygen atoms in total. The first kappa shape index (κ1) is 20.2. The summed E-state index contributed by atoms with van der Waals surface area (Å²) in [5, 5.41) is 4.10. The predicted octanol–water partition coefficient (Wildman–Crippen LogP) is 4.55. The van der Waals surface area contributed by atoms with Gasteiger partial charge in [-0.1, -0.05) is 90.1 Å². The molecule has 1 aromatic heterocycles. The molecular weight excluding hydrogens is 402 g/mol. The van der Waals surface area contributed by atoms with Crippen molar-refractivity contribution >= 4 is 5.91 Å². The van der Waals surface area contributed by atoms with E-state index in [0.29, 0.717) is 37.9 Å². The topological polar surface area (TPSA) is 68.5 Å². The summed E-state index contributed by atoms with van der Waals surface area (Å²) in [7, 11) is 0. The van der Waals surface area contributed by atoms with Crippen molar-refractivity contribution in [1.29, 1.82) is 0 Å². The molecule has 160 valence electrons. The fourth-order valence-electron chi connectivity index (χ4n) is 3.90. The van der Waals surface area contributed by atoms with Crippen LogP contribution in [0.3, 0.4) is 0 Å². The lowest BCUT2D eigenvalue weighted by molar-refractivity contribution is -0.140. The fraction of sp³-hybridized carbons (Fsp3) is 0.192. The van der Waals surface area contributed by atoms with E-state index in [4.69, 9.17) is 9.26 Å². The Bertz CT molecular complexity index is 1170. The minimum atomic E-state index is -0.384. The van der Waals surface area contributed by atoms with Gasteiger partial charge in [-0.05, 0) is 16.7 Å². The zero-order valence-corrected chi connectivity index (χ0v) is 17.6. The first-order valence-corrected chi connectivity index (χ1v) is 10.7. The number of morpholine rings is 1. The van der Waals surface area contributed by atoms with Gasteiger partial charge in [-0.15, -0.1) is 0 Å². The van der Waals surface area contributed by atoms with Crippen LogP contribution < -0.4 is 0 Å². The van der Waals surface area contributed by atoms with Crippen molar-refractivity contribution in [2.75, 3.05) is 19.8 Å². The van der Waals surface area contributed by atoms with E-state index in [1.807, 2.05) is 60.7 Å². The summed E-state index contributed by atoms with van der Waals surface area (Å²) >= 11 is 0. The monoisotopic (exact) mass is 425 g/mol. The van der Waals surface area contributed by atoms with Crippen molar-refractivity contribution in [2.24, 2.45) is 0 Å². The lowest BCUT2D eigenvalue weighted by atomic mass is 10.0. The Morgan fingerprint density at radius 1 is 0.875 bits per heavy atom. The maximum absolute atomic E-state index is 13.2. The average Bonchev–Trinajstić information content (AvgIpc) is 3.36. The highest BCUT2D eigenvalue weighted by Gasteiger charge is 2.33. The van der Waals surface area contributed by atoms with E-state index in [1.54, 1.807) is 4.90 Å². The molecule has 2 heterocycles. The van der Waals surface area contributed by atoms with Gasteiger partial charge in [0.15, 0.2) is 0 Å². The number of nitrogens with zero attached hydrogens (tertiary/aromatic N) is 3. The number of aromatic nitrogens is 2. The summed E-state index contributed by atoms with van der Waals surface area (Å²) in [6.45, 7) is 1.33. The molecule has 0 radical (unpaired) electrons. The smallest absolute Gasteiger partial charge is 0.252 e. The third-order valence-electron chi connectivity index (χ3n) is 5.62. The van der Waals surface area contributed by atoms with Crippen LogP contribution >= 0.6 is 0 Å². The first-order chi connectivity index (χ1) is 15.8. The molecule has 4 aromatic rings. The standard InChI is InChI=1S/C26H23N3O3/c30-24(17-19-11-13-21(14-12-19)20-7-3-1-4-8-20)29-15-16-31-18-23(29)26-27-25(28-32-26)22-9-5-2-6-10-22/h1-14,23H,15-18H2. The third-order valence-corrected chi connectivity index (χ3v) is 5.62. The Labute approximate surface area is 186 Å². The minimum Gasteiger partial charge on any atom is -0.377 e. The number of hydrogen-bond acceptors (Lipinski definition) is 5. The van der Waals surface area contributed by atoms with Crippen LogP contribution in [0.15, 0.2) is 89.5 Å². The largest absolute Gasteiger partial charge is 0.377 e. The van der Waals surface area contributed by atoms with Gasteiger partial charge in [0.2, 0.25) is 11.7 Å². The Balaban J connectivity index is 1.31. The second-order valence-electron chi connectivity index (χ2n) is 7.74. The molecule has 1 amide bonds. The van der Waals surface area contributed by atoms with Crippen molar-refractivity contribution in [1.82, 2.24) is 15.0 Å². The second-order valence-corrected chi connectivity index (χ2v) is 7.74. The van der Waals surface area contributed by atoms with Gasteiger partial charge >= 0.3 is 0 Å². The minimum absolute atomic E-state index is 0.0187. The van der Waals surface area contributed by atoms with Gasteiger partial charge in [-0.2, -0.15) is 4.98 Å². The highest BCUT2D eigenvalue weighted by molar-refractivity contribution is 5.79. The Morgan fingerprint density at radius 3 is 2.25 bits per heavy atom. The van der Waals surface area contributed by atoms with Gasteiger partial charge in [-0.25, -0.2) is 0 Å². The molecule has 1 unspecified atom stereocenters. The number of carbonyl (C=O) groups is 1. The highest BCUT2D eigenvalue weighted by Crippen LogP contribution is 2.26. The maximum atomic E-state index is 13.2. The summed E-state index contributed by atoms with van der Waals surface area (Å²) in [6, 6.07) is 27.6. The summed E-state index contributed by atoms with van der Waals surface area (Å²) < 4.78 is 11.1. The zero-order valence-electron chi connectivity index (χ0n) is 17.6. The molecule has 1 aliphatic heterocycles. The number of hydrogen-bond donors (Lipinski definition) is 0. The SMILES string of the molecule is O=C(Cc1ccc(-c2ccccc2)cc1)N1CCOCC1c1nc(-c2ccccc2)no1. The van der Waals surface area contributed by atoms with Crippen LogP contribution in [0.5, 0.6) is 0 Å². The summed E-state index contributed by atoms with van der Waals surface area (Å²) in [5.41, 5.74) is 4.13. The van der Waals surface area contributed by atoms with Crippen molar-refractivity contribution in [3.63, 3.8) is 0 Å². The number of ether oxygens (including phenoxy) is 1. The van der Waals surface area contributed by atoms with Crippen LogP contribution in [0.25, 0.3) is 22.5 Å². The molecule has 1 aliphatic rings. The molecule has 1 fully saturated rings. The highest BCUT2D eigenvalue weighted by atomic mass is 16.5. The Morgan fingerprint density at radius 2 is 1.53 bits per heavy atom. The van der Waals surface area contributed by atoms with Crippen LogP contribution in [0.1, 0.15) is 17.5 Å². The van der Waals surface area contributed by atoms with Gasteiger partial charge in [0, 0.05) is 12.1 Å². The van der Waals surface area contributed by atoms with Gasteiger partial charge in [0.05, 0.1) is 19.6 Å². The lowest BCUT2D eigenvalue weighted by Crippen LogP contribution is -2.44. The van der Waals surface area contributed by atoms with Gasteiger partial charge in [0.25, 0.3) is 5.89 Å². The number of amides is 1. The second kappa shape index (κ2) is 9.16. The average molecular weight is 425 g/mol. The van der Waals surface area contributed by atoms with Crippen molar-refractivity contribution < 1.29 is 14.1 Å². The molecule has 0 aliphatic carbocycles. The number of rotatable bonds is 5. The Kier molecular flexibility index (Phi) is 5.77. The number of carbonyl (C=O) groups excluding carboxylic acids is 1. The van der Waals surface area contributed by atoms with Crippen LogP contribution in [-0.2, 0) is 16.0 Å². The molecule has 6 heteroatoms. The van der Waals surface area contributed by atoms with Crippen LogP contribution in [0, 0.1) is 0 Å². The maximum Gasteiger partial charge on any atom is 0.252 e. The van der Waals surface area contributed by atoms with Crippen LogP contribution in [-0.4, -0.2) is 40.7 Å². The molecular formula is C26H23N3O3. The summed E-state index contributed by atoms with van der Waals surface area (Å²) in [6.07, 6.45) is 0.311. The first-order valence-electron chi connectivity index (χ1n) is 10.7. The van der Waals surface area contributed by atoms with Gasteiger partial charge in [0.1, 0.15) is 6.04 Å². The van der Waals surface area contributed by atoms with E-state index in [9.17, 15) is 4.79 Å². The van der Waals surface area contributed by atoms with Crippen molar-refractivity contribution in [2.45, 2.75) is 12.5 Å². The summed E-state index contributed by atoms with van der Waals surface area (Å²) in [4.78, 5) is 19.5. The molecule has 1 saturated heterocycles. The quantitative estimate of drug-likeness (QED) is 0.469. The molecule has 3 aromatic carbocycles.